The summed E-state index contributed by atoms with van der Waals surface area (Å²) in [5, 5.41) is 26.0. The van der Waals surface area contributed by atoms with Gasteiger partial charge in [-0.1, -0.05) is 77.1 Å². The van der Waals surface area contributed by atoms with E-state index in [1.807, 2.05) is 92.2 Å². The minimum Gasteiger partial charge on any atom is -0.477 e. The number of rotatable bonds is 7. The van der Waals surface area contributed by atoms with Crippen molar-refractivity contribution in [3.05, 3.63) is 180 Å². The van der Waals surface area contributed by atoms with Gasteiger partial charge in [0.2, 0.25) is 16.5 Å². The van der Waals surface area contributed by atoms with Crippen LogP contribution in [0, 0.1) is 0 Å². The Labute approximate surface area is 464 Å². The van der Waals surface area contributed by atoms with Crippen LogP contribution in [0.15, 0.2) is 146 Å². The average molecular weight is 1200 g/mol. The summed E-state index contributed by atoms with van der Waals surface area (Å²) >= 11 is 19.3. The van der Waals surface area contributed by atoms with Crippen LogP contribution in [0.5, 0.6) is 0 Å². The molecule has 392 valence electrons. The first-order chi connectivity index (χ1) is 35.2. The van der Waals surface area contributed by atoms with E-state index in [2.05, 4.69) is 88.4 Å². The van der Waals surface area contributed by atoms with E-state index in [1.54, 1.807) is 30.5 Å². The lowest BCUT2D eigenvalue weighted by Gasteiger charge is -2.06. The van der Waals surface area contributed by atoms with E-state index in [4.69, 9.17) is 55.4 Å². The first kappa shape index (κ1) is 60.4. The molecule has 0 spiro atoms. The van der Waals surface area contributed by atoms with Gasteiger partial charge in [-0.3, -0.25) is 9.98 Å². The predicted octanol–water partition coefficient (Wildman–Crippen LogP) is 12.3. The van der Waals surface area contributed by atoms with Crippen molar-refractivity contribution < 1.29 is 24.5 Å². The van der Waals surface area contributed by atoms with E-state index in [0.717, 1.165) is 85.2 Å². The Morgan fingerprint density at radius 3 is 1.99 bits per heavy atom. The largest absolute Gasteiger partial charge is 0.477 e. The number of nitrogens with two attached hydrogens (primary N) is 3. The third kappa shape index (κ3) is 19.3. The highest BCUT2D eigenvalue weighted by Gasteiger charge is 2.11. The molecule has 11 rings (SSSR count). The molecule has 75 heavy (non-hydrogen) atoms. The number of allylic oxidation sites excluding steroid dienone is 2. The maximum Gasteiger partial charge on any atom is 0.352 e. The molecule has 23 heteroatoms. The van der Waals surface area contributed by atoms with E-state index >= 15 is 0 Å². The van der Waals surface area contributed by atoms with Crippen molar-refractivity contribution in [3.63, 3.8) is 0 Å². The van der Waals surface area contributed by atoms with Gasteiger partial charge in [-0.25, -0.2) is 29.5 Å². The van der Waals surface area contributed by atoms with Gasteiger partial charge in [0.15, 0.2) is 0 Å². The topological polar surface area (TPSA) is 291 Å². The summed E-state index contributed by atoms with van der Waals surface area (Å²) in [6.45, 7) is 5.04. The second-order valence-electron chi connectivity index (χ2n) is 15.4. The molecule has 1 unspecified atom stereocenters. The molecule has 3 aliphatic heterocycles. The number of halogens is 4. The number of carboxylic acid groups (broad SMARTS) is 2. The van der Waals surface area contributed by atoms with Crippen molar-refractivity contribution in [2.45, 2.75) is 47.3 Å². The first-order valence-corrected chi connectivity index (χ1v) is 25.0. The number of H-pyrrole nitrogens is 1. The summed E-state index contributed by atoms with van der Waals surface area (Å²) in [5.41, 5.74) is 23.9. The Morgan fingerprint density at radius 2 is 1.44 bits per heavy atom. The molecule has 0 bridgehead atoms. The fraction of sp³-hybridized carbons (Fsp3) is 0.173. The van der Waals surface area contributed by atoms with Crippen LogP contribution < -0.4 is 27.8 Å². The fourth-order valence-corrected chi connectivity index (χ4v) is 8.59. The van der Waals surface area contributed by atoms with Crippen LogP contribution in [0.2, 0.25) is 10.6 Å². The Morgan fingerprint density at radius 1 is 0.800 bits per heavy atom. The summed E-state index contributed by atoms with van der Waals surface area (Å²) < 4.78 is 7.82. The van der Waals surface area contributed by atoms with Gasteiger partial charge in [0.1, 0.15) is 22.7 Å². The third-order valence-corrected chi connectivity index (χ3v) is 12.4. The number of thiophene rings is 1. The summed E-state index contributed by atoms with van der Waals surface area (Å²) in [6.07, 6.45) is 12.7. The molecule has 0 amide bonds. The van der Waals surface area contributed by atoms with Crippen molar-refractivity contribution in [2.75, 3.05) is 23.8 Å². The monoisotopic (exact) mass is 1200 g/mol. The number of hydrogen-bond acceptors (Lipinski definition) is 16. The molecule has 18 nitrogen and oxygen atoms in total. The van der Waals surface area contributed by atoms with Crippen LogP contribution in [-0.4, -0.2) is 83.7 Å². The fourth-order valence-electron chi connectivity index (χ4n) is 6.50. The van der Waals surface area contributed by atoms with Gasteiger partial charge >= 0.3 is 11.9 Å². The minimum absolute atomic E-state index is 0. The molecule has 1 saturated heterocycles. The van der Waals surface area contributed by atoms with Crippen molar-refractivity contribution in [1.29, 1.82) is 0 Å². The summed E-state index contributed by atoms with van der Waals surface area (Å²) in [6, 6.07) is 28.8. The Bertz CT molecular complexity index is 3110. The second kappa shape index (κ2) is 30.3. The zero-order valence-corrected chi connectivity index (χ0v) is 44.2. The number of aromatic nitrogens is 6. The number of aromatic amines is 1. The van der Waals surface area contributed by atoms with Crippen molar-refractivity contribution >= 4 is 135 Å². The number of aliphatic imine (C=N–C) groups is 2. The molecule has 1 atom stereocenters. The molecule has 3 aliphatic rings. The number of carboxylic acids is 2. The van der Waals surface area contributed by atoms with Crippen molar-refractivity contribution in [2.24, 2.45) is 27.2 Å². The Hall–Kier alpha value is -7.11. The normalized spacial score (nSPS) is 13.3. The minimum atomic E-state index is -0.938. The SMILES string of the molecule is C.C.C/C=C\C(N)=C/N.Clc1nccc(Nc2ccc3c(c2)C=NC3)n1.Clc1ncnc(Nc2ccc3c(c2)C=NC3)n1.NC1CCOC1.O=C(O)c1cc2ccc(Br)cc2[nH]1.O=C(O)c1cc2ccc(Br)cc2s1. The van der Waals surface area contributed by atoms with Gasteiger partial charge in [0.05, 0.1) is 19.7 Å². The molecular formula is C52H55Br2Cl2N13O5S. The quantitative estimate of drug-likeness (QED) is 0.0544. The van der Waals surface area contributed by atoms with Gasteiger partial charge in [0.25, 0.3) is 0 Å². The summed E-state index contributed by atoms with van der Waals surface area (Å²) in [7, 11) is 0. The van der Waals surface area contributed by atoms with Crippen molar-refractivity contribution in [3.8, 4) is 0 Å². The molecule has 7 heterocycles. The van der Waals surface area contributed by atoms with Crippen LogP contribution in [-0.2, 0) is 17.8 Å². The maximum absolute atomic E-state index is 10.7. The highest BCUT2D eigenvalue weighted by atomic mass is 79.9. The van der Waals surface area contributed by atoms with E-state index < -0.39 is 11.9 Å². The number of aromatic carboxylic acids is 2. The zero-order valence-electron chi connectivity index (χ0n) is 38.7. The number of anilines is 4. The number of benzene rings is 4. The number of fused-ring (bicyclic) bond motifs is 4. The molecule has 4 aromatic carbocycles. The van der Waals surface area contributed by atoms with Crippen LogP contribution >= 0.6 is 66.4 Å². The smallest absolute Gasteiger partial charge is 0.352 e. The predicted molar refractivity (Wildman–Crippen MR) is 312 cm³/mol. The highest BCUT2D eigenvalue weighted by Crippen LogP contribution is 2.29. The molecule has 11 N–H and O–H groups in total. The van der Waals surface area contributed by atoms with Crippen LogP contribution in [0.25, 0.3) is 21.0 Å². The number of carbonyl (C=O) groups is 2. The highest BCUT2D eigenvalue weighted by molar-refractivity contribution is 9.10. The number of nitrogens with zero attached hydrogens (tertiary/aromatic N) is 7. The lowest BCUT2D eigenvalue weighted by atomic mass is 10.1. The zero-order chi connectivity index (χ0) is 52.3. The number of hydrogen-bond donors (Lipinski definition) is 8. The van der Waals surface area contributed by atoms with Gasteiger partial charge in [-0.2, -0.15) is 4.98 Å². The van der Waals surface area contributed by atoms with E-state index in [0.29, 0.717) is 28.4 Å². The molecule has 0 saturated carbocycles. The molecule has 4 aromatic heterocycles. The van der Waals surface area contributed by atoms with E-state index in [-0.39, 0.29) is 31.1 Å². The number of nitrogens with one attached hydrogen (secondary N) is 3. The Kier molecular flexibility index (Phi) is 24.4. The molecular weight excluding hydrogens is 1150 g/mol. The average Bonchev–Trinajstić information content (AvgIpc) is 4.24. The van der Waals surface area contributed by atoms with E-state index in [1.165, 1.54) is 35.0 Å². The second-order valence-corrected chi connectivity index (χ2v) is 19.0. The summed E-state index contributed by atoms with van der Waals surface area (Å²) in [4.78, 5) is 52.4. The van der Waals surface area contributed by atoms with Gasteiger partial charge in [0, 0.05) is 79.1 Å². The number of ether oxygens (including phenoxy) is 1. The van der Waals surface area contributed by atoms with Crippen molar-refractivity contribution in [1.82, 2.24) is 29.9 Å². The van der Waals surface area contributed by atoms with Gasteiger partial charge < -0.3 is 47.8 Å². The van der Waals surface area contributed by atoms with Crippen LogP contribution in [0.1, 0.15) is 70.6 Å². The molecule has 0 aliphatic carbocycles. The van der Waals surface area contributed by atoms with Crippen LogP contribution in [0.4, 0.5) is 23.1 Å². The summed E-state index contributed by atoms with van der Waals surface area (Å²) in [5.74, 6) is -0.690. The van der Waals surface area contributed by atoms with Gasteiger partial charge in [-0.05, 0) is 137 Å². The molecule has 0 radical (unpaired) electrons. The van der Waals surface area contributed by atoms with Crippen LogP contribution in [0.3, 0.4) is 0 Å². The first-order valence-electron chi connectivity index (χ1n) is 21.9. The third-order valence-electron chi connectivity index (χ3n) is 10.00. The Balaban J connectivity index is 0.000000200. The standard InChI is InChI=1S/C12H9ClN4.C11H8ClN5.C9H6BrNO2.C9H5BrO2S.C5H10N2.C4H9NO.2CH4/c13-12-15-4-3-11(17-12)16-10-2-1-8-6-14-7-9(8)5-10;12-10-14-6-15-11(17-10)16-9-2-1-7-4-13-5-8(7)3-9;10-6-2-1-5-3-8(9(12)13)11-7(5)4-6;10-6-2-1-5-3-8(9(11)12)13-7(5)4-6;1-2-3-5(7)4-6;5-4-1-2-6-3-4;;/h1-5,7H,6H2,(H,15,16,17);1-3,5-6H,4H2,(H,14,15,16,17);1-4,11H,(H,12,13);1-4H,(H,11,12);2-4H,6-7H2,1H3;4H,1-3,5H2;2*1H4/b;;;;3-2-,5-4+;;;. The van der Waals surface area contributed by atoms with Gasteiger partial charge in [-0.15, -0.1) is 11.3 Å². The van der Waals surface area contributed by atoms with E-state index in [9.17, 15) is 9.59 Å². The molecule has 1 fully saturated rings. The lowest BCUT2D eigenvalue weighted by molar-refractivity contribution is 0.0685. The lowest BCUT2D eigenvalue weighted by Crippen LogP contribution is -2.18. The molecule has 8 aromatic rings. The maximum atomic E-state index is 10.7.